The molecule has 0 saturated heterocycles. The van der Waals surface area contributed by atoms with Gasteiger partial charge in [0.25, 0.3) is 0 Å². The number of Topliss-reactive ketones (excluding diaryl/α,β-unsaturated/α-hetero) is 1. The first-order valence-electron chi connectivity index (χ1n) is 3.48. The van der Waals surface area contributed by atoms with E-state index in [-0.39, 0.29) is 18.4 Å². The lowest BCUT2D eigenvalue weighted by molar-refractivity contribution is -0.129. The van der Waals surface area contributed by atoms with Crippen LogP contribution in [0.2, 0.25) is 0 Å². The molecule has 0 aromatic carbocycles. The van der Waals surface area contributed by atoms with Gasteiger partial charge in [0.2, 0.25) is 5.91 Å². The molecule has 0 saturated carbocycles. The monoisotopic (exact) mass is 159 g/mol. The molecule has 2 N–H and O–H groups in total. The number of rotatable bonds is 4. The number of hydrogen-bond donors (Lipinski definition) is 2. The first kappa shape index (κ1) is 10.1. The van der Waals surface area contributed by atoms with Gasteiger partial charge in [0.05, 0.1) is 6.42 Å². The van der Waals surface area contributed by atoms with Gasteiger partial charge < -0.3 is 10.4 Å². The van der Waals surface area contributed by atoms with E-state index in [4.69, 9.17) is 5.11 Å². The number of hydrogen-bond acceptors (Lipinski definition) is 3. The maximum atomic E-state index is 10.8. The van der Waals surface area contributed by atoms with Crippen LogP contribution in [0.15, 0.2) is 0 Å². The van der Waals surface area contributed by atoms with Crippen LogP contribution in [0.1, 0.15) is 20.3 Å². The van der Waals surface area contributed by atoms with Crippen LogP contribution in [0, 0.1) is 0 Å². The highest BCUT2D eigenvalue weighted by atomic mass is 16.3. The number of nitrogens with one attached hydrogen (secondary N) is 1. The summed E-state index contributed by atoms with van der Waals surface area (Å²) >= 11 is 0. The molecule has 0 aliphatic rings. The molecule has 64 valence electrons. The molecule has 0 aliphatic carbocycles. The number of aliphatic hydroxyl groups excluding tert-OH is 1. The third kappa shape index (κ3) is 5.54. The number of carbonyl (C=O) groups is 2. The summed E-state index contributed by atoms with van der Waals surface area (Å²) in [7, 11) is 0. The minimum absolute atomic E-state index is 0.0361. The van der Waals surface area contributed by atoms with Crippen LogP contribution in [0.4, 0.5) is 0 Å². The van der Waals surface area contributed by atoms with Crippen LogP contribution in [-0.2, 0) is 9.59 Å². The summed E-state index contributed by atoms with van der Waals surface area (Å²) in [5.41, 5.74) is 0. The van der Waals surface area contributed by atoms with E-state index < -0.39 is 12.4 Å². The number of aliphatic hydroxyl groups is 1. The van der Waals surface area contributed by atoms with E-state index in [9.17, 15) is 9.59 Å². The fourth-order valence-electron chi connectivity index (χ4n) is 0.608. The zero-order valence-electron chi connectivity index (χ0n) is 6.76. The van der Waals surface area contributed by atoms with Crippen molar-refractivity contribution in [2.24, 2.45) is 0 Å². The fourth-order valence-corrected chi connectivity index (χ4v) is 0.608. The second-order valence-electron chi connectivity index (χ2n) is 2.60. The zero-order chi connectivity index (χ0) is 8.85. The molecule has 0 fully saturated rings. The Morgan fingerprint density at radius 3 is 2.36 bits per heavy atom. The van der Waals surface area contributed by atoms with E-state index in [1.165, 1.54) is 0 Å². The second-order valence-corrected chi connectivity index (χ2v) is 2.60. The predicted molar refractivity (Wildman–Crippen MR) is 40.0 cm³/mol. The second kappa shape index (κ2) is 4.85. The minimum atomic E-state index is -0.564. The van der Waals surface area contributed by atoms with Crippen LogP contribution < -0.4 is 5.32 Å². The summed E-state index contributed by atoms with van der Waals surface area (Å²) in [6.45, 7) is 3.05. The minimum Gasteiger partial charge on any atom is -0.389 e. The molecule has 0 unspecified atom stereocenters. The molecule has 1 amide bonds. The van der Waals surface area contributed by atoms with Crippen LogP contribution in [0.5, 0.6) is 0 Å². The van der Waals surface area contributed by atoms with Crippen molar-refractivity contribution >= 4 is 11.7 Å². The number of ketones is 1. The van der Waals surface area contributed by atoms with Gasteiger partial charge >= 0.3 is 0 Å². The molecule has 0 aromatic heterocycles. The average Bonchev–Trinajstić information content (AvgIpc) is 1.85. The third-order valence-electron chi connectivity index (χ3n) is 0.984. The van der Waals surface area contributed by atoms with E-state index >= 15 is 0 Å². The smallest absolute Gasteiger partial charge is 0.227 e. The van der Waals surface area contributed by atoms with Crippen molar-refractivity contribution in [3.05, 3.63) is 0 Å². The van der Waals surface area contributed by atoms with Gasteiger partial charge in [-0.25, -0.2) is 0 Å². The molecule has 0 aromatic rings. The van der Waals surface area contributed by atoms with E-state index in [2.05, 4.69) is 5.32 Å². The molecule has 0 bridgehead atoms. The van der Waals surface area contributed by atoms with Crippen molar-refractivity contribution < 1.29 is 14.7 Å². The number of carbonyl (C=O) groups excluding carboxylic acids is 2. The van der Waals surface area contributed by atoms with E-state index in [0.29, 0.717) is 0 Å². The summed E-state index contributed by atoms with van der Waals surface area (Å²) in [5, 5.41) is 10.8. The molecule has 0 spiro atoms. The average molecular weight is 159 g/mol. The Balaban J connectivity index is 3.61. The fraction of sp³-hybridized carbons (Fsp3) is 0.714. The predicted octanol–water partition coefficient (Wildman–Crippen LogP) is -0.538. The van der Waals surface area contributed by atoms with Gasteiger partial charge in [0, 0.05) is 6.04 Å². The van der Waals surface area contributed by atoms with Gasteiger partial charge in [0.1, 0.15) is 6.61 Å². The summed E-state index contributed by atoms with van der Waals surface area (Å²) in [6.07, 6.45) is -0.228. The maximum absolute atomic E-state index is 10.8. The van der Waals surface area contributed by atoms with Crippen LogP contribution >= 0.6 is 0 Å². The Morgan fingerprint density at radius 1 is 1.45 bits per heavy atom. The van der Waals surface area contributed by atoms with Gasteiger partial charge in [-0.3, -0.25) is 9.59 Å². The molecule has 0 aliphatic heterocycles. The van der Waals surface area contributed by atoms with Gasteiger partial charge in [0.15, 0.2) is 5.78 Å². The van der Waals surface area contributed by atoms with Crippen molar-refractivity contribution in [3.63, 3.8) is 0 Å². The van der Waals surface area contributed by atoms with Gasteiger partial charge in [-0.2, -0.15) is 0 Å². The van der Waals surface area contributed by atoms with Crippen LogP contribution in [0.3, 0.4) is 0 Å². The molecular weight excluding hydrogens is 146 g/mol. The van der Waals surface area contributed by atoms with Crippen molar-refractivity contribution in [1.82, 2.24) is 5.32 Å². The standard InChI is InChI=1S/C7H13NO3/c1-5(2)8-7(11)3-6(10)4-9/h5,9H,3-4H2,1-2H3,(H,8,11). The highest BCUT2D eigenvalue weighted by Crippen LogP contribution is 1.84. The largest absolute Gasteiger partial charge is 0.389 e. The lowest BCUT2D eigenvalue weighted by Gasteiger charge is -2.06. The van der Waals surface area contributed by atoms with Crippen LogP contribution in [0.25, 0.3) is 0 Å². The maximum Gasteiger partial charge on any atom is 0.227 e. The first-order valence-corrected chi connectivity index (χ1v) is 3.48. The molecule has 4 nitrogen and oxygen atoms in total. The third-order valence-corrected chi connectivity index (χ3v) is 0.984. The van der Waals surface area contributed by atoms with E-state index in [1.54, 1.807) is 13.8 Å². The van der Waals surface area contributed by atoms with E-state index in [1.807, 2.05) is 0 Å². The van der Waals surface area contributed by atoms with Gasteiger partial charge in [-0.15, -0.1) is 0 Å². The van der Waals surface area contributed by atoms with Crippen molar-refractivity contribution in [3.8, 4) is 0 Å². The Kier molecular flexibility index (Phi) is 4.45. The molecule has 0 rings (SSSR count). The highest BCUT2D eigenvalue weighted by Gasteiger charge is 2.08. The molecule has 11 heavy (non-hydrogen) atoms. The molecule has 0 radical (unpaired) electrons. The molecule has 4 heteroatoms. The molecule has 0 atom stereocenters. The van der Waals surface area contributed by atoms with Crippen molar-refractivity contribution in [2.45, 2.75) is 26.3 Å². The Morgan fingerprint density at radius 2 is 2.00 bits per heavy atom. The van der Waals surface area contributed by atoms with Crippen molar-refractivity contribution in [2.75, 3.05) is 6.61 Å². The summed E-state index contributed by atoms with van der Waals surface area (Å²) < 4.78 is 0. The summed E-state index contributed by atoms with van der Waals surface area (Å²) in [5.74, 6) is -0.790. The molecular formula is C7H13NO3. The number of amides is 1. The normalized spacial score (nSPS) is 9.82. The van der Waals surface area contributed by atoms with Crippen LogP contribution in [-0.4, -0.2) is 29.4 Å². The quantitative estimate of drug-likeness (QED) is 0.541. The Bertz CT molecular complexity index is 154. The summed E-state index contributed by atoms with van der Waals surface area (Å²) in [6, 6.07) is 0.0361. The SMILES string of the molecule is CC(C)NC(=O)CC(=O)CO. The first-order chi connectivity index (χ1) is 5.06. The Hall–Kier alpha value is -0.900. The summed E-state index contributed by atoms with van der Waals surface area (Å²) in [4.78, 5) is 21.3. The highest BCUT2D eigenvalue weighted by molar-refractivity contribution is 5.98. The topological polar surface area (TPSA) is 66.4 Å². The van der Waals surface area contributed by atoms with E-state index in [0.717, 1.165) is 0 Å². The Labute approximate surface area is 65.6 Å². The van der Waals surface area contributed by atoms with Gasteiger partial charge in [-0.05, 0) is 13.8 Å². The lowest BCUT2D eigenvalue weighted by Crippen LogP contribution is -2.32. The van der Waals surface area contributed by atoms with Crippen molar-refractivity contribution in [1.29, 1.82) is 0 Å². The molecule has 0 heterocycles. The van der Waals surface area contributed by atoms with Gasteiger partial charge in [-0.1, -0.05) is 0 Å². The zero-order valence-corrected chi connectivity index (χ0v) is 6.76. The lowest BCUT2D eigenvalue weighted by atomic mass is 10.2.